The van der Waals surface area contributed by atoms with Crippen LogP contribution in [0.25, 0.3) is 11.1 Å². The number of hydrogen-bond donors (Lipinski definition) is 0. The van der Waals surface area contributed by atoms with Gasteiger partial charge in [0.1, 0.15) is 5.75 Å². The molecule has 0 atom stereocenters. The zero-order valence-corrected chi connectivity index (χ0v) is 15.4. The fourth-order valence-electron chi connectivity index (χ4n) is 3.33. The summed E-state index contributed by atoms with van der Waals surface area (Å²) in [6.07, 6.45) is 2.34. The Morgan fingerprint density at radius 3 is 2.08 bits per heavy atom. The van der Waals surface area contributed by atoms with Crippen molar-refractivity contribution in [3.8, 4) is 16.9 Å². The molecule has 134 valence electrons. The van der Waals surface area contributed by atoms with Gasteiger partial charge in [0.05, 0.1) is 6.61 Å². The molecule has 1 aliphatic heterocycles. The molecule has 1 saturated heterocycles. The maximum Gasteiger partial charge on any atom is 0.119 e. The third kappa shape index (κ3) is 5.58. The van der Waals surface area contributed by atoms with Gasteiger partial charge in [-0.15, -0.1) is 0 Å². The molecule has 1 aliphatic rings. The number of ether oxygens (including phenoxy) is 1. The largest absolute Gasteiger partial charge is 0.494 e. The number of benzene rings is 2. The van der Waals surface area contributed by atoms with Crippen LogP contribution in [0, 0.1) is 0 Å². The molecule has 0 radical (unpaired) electrons. The number of rotatable bonds is 8. The summed E-state index contributed by atoms with van der Waals surface area (Å²) >= 11 is 0. The first kappa shape index (κ1) is 18.0. The van der Waals surface area contributed by atoms with E-state index in [-0.39, 0.29) is 0 Å². The molecule has 0 saturated carbocycles. The van der Waals surface area contributed by atoms with Gasteiger partial charge in [-0.25, -0.2) is 0 Å². The first-order valence-corrected chi connectivity index (χ1v) is 9.58. The second kappa shape index (κ2) is 9.59. The molecule has 1 fully saturated rings. The molecule has 2 aromatic rings. The molecule has 2 aromatic carbocycles. The molecular formula is C22H30N2O. The maximum absolute atomic E-state index is 5.89. The standard InChI is InChI=1S/C22H30N2O/c1-2-23-15-17-24(18-16-23)14-6-7-19-25-22-12-10-21(11-13-22)20-8-4-3-5-9-20/h3-5,8-13H,2,6-7,14-19H2,1H3. The molecule has 1 heterocycles. The van der Waals surface area contributed by atoms with E-state index in [0.29, 0.717) is 0 Å². The lowest BCUT2D eigenvalue weighted by atomic mass is 10.1. The van der Waals surface area contributed by atoms with Crippen LogP contribution in [0.5, 0.6) is 5.75 Å². The quantitative estimate of drug-likeness (QED) is 0.673. The van der Waals surface area contributed by atoms with Crippen molar-refractivity contribution in [2.75, 3.05) is 45.9 Å². The summed E-state index contributed by atoms with van der Waals surface area (Å²) in [6.45, 7) is 10.3. The molecule has 0 amide bonds. The minimum atomic E-state index is 0.805. The highest BCUT2D eigenvalue weighted by Crippen LogP contribution is 2.22. The van der Waals surface area contributed by atoms with Crippen LogP contribution in [0.3, 0.4) is 0 Å². The SMILES string of the molecule is CCN1CCN(CCCCOc2ccc(-c3ccccc3)cc2)CC1. The van der Waals surface area contributed by atoms with Crippen LogP contribution in [0.4, 0.5) is 0 Å². The van der Waals surface area contributed by atoms with Gasteiger partial charge in [-0.2, -0.15) is 0 Å². The minimum absolute atomic E-state index is 0.805. The number of unbranched alkanes of at least 4 members (excludes halogenated alkanes) is 1. The van der Waals surface area contributed by atoms with Crippen LogP contribution >= 0.6 is 0 Å². The molecule has 3 heteroatoms. The summed E-state index contributed by atoms with van der Waals surface area (Å²) in [4.78, 5) is 5.11. The van der Waals surface area contributed by atoms with E-state index in [1.807, 2.05) is 6.07 Å². The van der Waals surface area contributed by atoms with Gasteiger partial charge >= 0.3 is 0 Å². The molecule has 0 unspecified atom stereocenters. The van der Waals surface area contributed by atoms with Gasteiger partial charge in [-0.3, -0.25) is 0 Å². The van der Waals surface area contributed by atoms with Crippen LogP contribution in [0.2, 0.25) is 0 Å². The number of piperazine rings is 1. The highest BCUT2D eigenvalue weighted by atomic mass is 16.5. The van der Waals surface area contributed by atoms with Crippen LogP contribution in [-0.2, 0) is 0 Å². The molecule has 0 bridgehead atoms. The van der Waals surface area contributed by atoms with Gasteiger partial charge < -0.3 is 14.5 Å². The maximum atomic E-state index is 5.89. The van der Waals surface area contributed by atoms with Crippen molar-refractivity contribution in [3.05, 3.63) is 54.6 Å². The fraction of sp³-hybridized carbons (Fsp3) is 0.455. The fourth-order valence-corrected chi connectivity index (χ4v) is 3.33. The molecular weight excluding hydrogens is 308 g/mol. The van der Waals surface area contributed by atoms with Gasteiger partial charge in [0.2, 0.25) is 0 Å². The van der Waals surface area contributed by atoms with Crippen LogP contribution in [0.15, 0.2) is 54.6 Å². The second-order valence-corrected chi connectivity index (χ2v) is 6.72. The van der Waals surface area contributed by atoms with E-state index in [1.165, 1.54) is 56.8 Å². The second-order valence-electron chi connectivity index (χ2n) is 6.72. The molecule has 3 rings (SSSR count). The summed E-state index contributed by atoms with van der Waals surface area (Å²) in [6, 6.07) is 18.9. The highest BCUT2D eigenvalue weighted by molar-refractivity contribution is 5.63. The van der Waals surface area contributed by atoms with E-state index in [2.05, 4.69) is 65.3 Å². The molecule has 0 aliphatic carbocycles. The lowest BCUT2D eigenvalue weighted by Crippen LogP contribution is -2.46. The number of likely N-dealkylation sites (N-methyl/N-ethyl adjacent to an activating group) is 1. The normalized spacial score (nSPS) is 16.0. The van der Waals surface area contributed by atoms with E-state index < -0.39 is 0 Å². The number of nitrogens with zero attached hydrogens (tertiary/aromatic N) is 2. The zero-order valence-electron chi connectivity index (χ0n) is 15.4. The first-order valence-electron chi connectivity index (χ1n) is 9.58. The minimum Gasteiger partial charge on any atom is -0.494 e. The van der Waals surface area contributed by atoms with Crippen LogP contribution in [-0.4, -0.2) is 55.7 Å². The van der Waals surface area contributed by atoms with Gasteiger partial charge in [-0.1, -0.05) is 49.4 Å². The van der Waals surface area contributed by atoms with Crippen LogP contribution in [0.1, 0.15) is 19.8 Å². The third-order valence-electron chi connectivity index (χ3n) is 5.01. The summed E-state index contributed by atoms with van der Waals surface area (Å²) in [5, 5.41) is 0. The third-order valence-corrected chi connectivity index (χ3v) is 5.01. The summed E-state index contributed by atoms with van der Waals surface area (Å²) in [7, 11) is 0. The molecule has 3 nitrogen and oxygen atoms in total. The Kier molecular flexibility index (Phi) is 6.89. The lowest BCUT2D eigenvalue weighted by Gasteiger charge is -2.33. The van der Waals surface area contributed by atoms with Crippen molar-refractivity contribution in [2.24, 2.45) is 0 Å². The molecule has 0 spiro atoms. The smallest absolute Gasteiger partial charge is 0.119 e. The van der Waals surface area contributed by atoms with E-state index in [0.717, 1.165) is 18.8 Å². The lowest BCUT2D eigenvalue weighted by molar-refractivity contribution is 0.134. The zero-order chi connectivity index (χ0) is 17.3. The molecule has 0 N–H and O–H groups in total. The van der Waals surface area contributed by atoms with E-state index in [9.17, 15) is 0 Å². The van der Waals surface area contributed by atoms with Crippen LogP contribution < -0.4 is 4.74 Å². The predicted octanol–water partition coefficient (Wildman–Crippen LogP) is 4.15. The Morgan fingerprint density at radius 2 is 1.40 bits per heavy atom. The van der Waals surface area contributed by atoms with Gasteiger partial charge in [-0.05, 0) is 49.2 Å². The summed E-state index contributed by atoms with van der Waals surface area (Å²) in [5.74, 6) is 0.969. The topological polar surface area (TPSA) is 15.7 Å². The monoisotopic (exact) mass is 338 g/mol. The molecule has 25 heavy (non-hydrogen) atoms. The van der Waals surface area contributed by atoms with E-state index in [4.69, 9.17) is 4.74 Å². The Hall–Kier alpha value is -1.84. The Labute approximate surface area is 152 Å². The highest BCUT2D eigenvalue weighted by Gasteiger charge is 2.14. The average Bonchev–Trinajstić information content (AvgIpc) is 2.69. The van der Waals surface area contributed by atoms with Gasteiger partial charge in [0.25, 0.3) is 0 Å². The first-order chi connectivity index (χ1) is 12.3. The van der Waals surface area contributed by atoms with E-state index in [1.54, 1.807) is 0 Å². The van der Waals surface area contributed by atoms with Crippen molar-refractivity contribution in [3.63, 3.8) is 0 Å². The average molecular weight is 338 g/mol. The molecule has 0 aromatic heterocycles. The van der Waals surface area contributed by atoms with Crippen molar-refractivity contribution in [1.29, 1.82) is 0 Å². The summed E-state index contributed by atoms with van der Waals surface area (Å²) in [5.41, 5.74) is 2.48. The predicted molar refractivity (Wildman–Crippen MR) is 105 cm³/mol. The van der Waals surface area contributed by atoms with Crippen molar-refractivity contribution >= 4 is 0 Å². The number of hydrogen-bond acceptors (Lipinski definition) is 3. The Morgan fingerprint density at radius 1 is 0.760 bits per heavy atom. The summed E-state index contributed by atoms with van der Waals surface area (Å²) < 4.78 is 5.89. The Bertz CT molecular complexity index is 604. The van der Waals surface area contributed by atoms with Crippen molar-refractivity contribution < 1.29 is 4.74 Å². The van der Waals surface area contributed by atoms with Gasteiger partial charge in [0.15, 0.2) is 0 Å². The van der Waals surface area contributed by atoms with Gasteiger partial charge in [0, 0.05) is 26.2 Å². The Balaban J connectivity index is 1.33. The van der Waals surface area contributed by atoms with E-state index >= 15 is 0 Å². The van der Waals surface area contributed by atoms with Crippen molar-refractivity contribution in [2.45, 2.75) is 19.8 Å². The van der Waals surface area contributed by atoms with Crippen molar-refractivity contribution in [1.82, 2.24) is 9.80 Å².